The van der Waals surface area contributed by atoms with E-state index in [2.05, 4.69) is 53.4 Å². The van der Waals surface area contributed by atoms with Gasteiger partial charge in [-0.3, -0.25) is 0 Å². The molecule has 0 aliphatic heterocycles. The number of rotatable bonds is 2. The minimum atomic E-state index is 0.925. The van der Waals surface area contributed by atoms with Gasteiger partial charge in [0, 0.05) is 0 Å². The van der Waals surface area contributed by atoms with Gasteiger partial charge in [0.05, 0.1) is 10.7 Å². The molecule has 0 amide bonds. The summed E-state index contributed by atoms with van der Waals surface area (Å²) in [5, 5.41) is 2.44. The lowest BCUT2D eigenvalue weighted by Gasteiger charge is -2.07. The molecule has 0 bridgehead atoms. The van der Waals surface area contributed by atoms with Crippen LogP contribution in [0.1, 0.15) is 5.56 Å². The standard InChI is InChI=1S/C13H11IO/c1-3-9-4-6-11-10(8-9)5-7-12(15-2)13(11)14/h3-8H,1H2,2H3. The van der Waals surface area contributed by atoms with Gasteiger partial charge in [0.1, 0.15) is 5.75 Å². The molecule has 0 aliphatic rings. The summed E-state index contributed by atoms with van der Waals surface area (Å²) in [6, 6.07) is 10.4. The molecule has 0 radical (unpaired) electrons. The van der Waals surface area contributed by atoms with E-state index in [0.29, 0.717) is 0 Å². The van der Waals surface area contributed by atoms with Crippen LogP contribution in [0.15, 0.2) is 36.9 Å². The molecule has 0 fully saturated rings. The van der Waals surface area contributed by atoms with Gasteiger partial charge in [-0.15, -0.1) is 0 Å². The average Bonchev–Trinajstić information content (AvgIpc) is 2.29. The molecular formula is C13H11IO. The Labute approximate surface area is 103 Å². The molecule has 1 nitrogen and oxygen atoms in total. The summed E-state index contributed by atoms with van der Waals surface area (Å²) >= 11 is 2.31. The largest absolute Gasteiger partial charge is 0.496 e. The highest BCUT2D eigenvalue weighted by Crippen LogP contribution is 2.29. The van der Waals surface area contributed by atoms with Gasteiger partial charge in [0.25, 0.3) is 0 Å². The molecule has 2 aromatic carbocycles. The Kier molecular flexibility index (Phi) is 2.95. The minimum absolute atomic E-state index is 0.925. The molecule has 2 aromatic rings. The predicted octanol–water partition coefficient (Wildman–Crippen LogP) is 4.10. The molecule has 0 atom stereocenters. The summed E-state index contributed by atoms with van der Waals surface area (Å²) in [5.74, 6) is 0.925. The second-order valence-electron chi connectivity index (χ2n) is 3.27. The maximum atomic E-state index is 5.28. The third-order valence-corrected chi connectivity index (χ3v) is 3.51. The average molecular weight is 310 g/mol. The molecule has 0 saturated carbocycles. The lowest BCUT2D eigenvalue weighted by Crippen LogP contribution is -1.88. The number of benzene rings is 2. The maximum absolute atomic E-state index is 5.28. The van der Waals surface area contributed by atoms with Crippen molar-refractivity contribution in [2.24, 2.45) is 0 Å². The van der Waals surface area contributed by atoms with Crippen molar-refractivity contribution in [3.05, 3.63) is 46.0 Å². The monoisotopic (exact) mass is 310 g/mol. The second-order valence-corrected chi connectivity index (χ2v) is 4.35. The van der Waals surface area contributed by atoms with Crippen molar-refractivity contribution < 1.29 is 4.74 Å². The Morgan fingerprint density at radius 3 is 2.73 bits per heavy atom. The smallest absolute Gasteiger partial charge is 0.132 e. The van der Waals surface area contributed by atoms with Gasteiger partial charge in [0.15, 0.2) is 0 Å². The van der Waals surface area contributed by atoms with Crippen LogP contribution in [0.5, 0.6) is 5.75 Å². The Balaban J connectivity index is 2.73. The van der Waals surface area contributed by atoms with E-state index in [-0.39, 0.29) is 0 Å². The molecule has 0 aromatic heterocycles. The molecule has 2 rings (SSSR count). The third-order valence-electron chi connectivity index (χ3n) is 2.40. The lowest BCUT2D eigenvalue weighted by molar-refractivity contribution is 0.412. The van der Waals surface area contributed by atoms with E-state index in [1.165, 1.54) is 10.8 Å². The van der Waals surface area contributed by atoms with Crippen LogP contribution in [0.4, 0.5) is 0 Å². The summed E-state index contributed by atoms with van der Waals surface area (Å²) in [6.45, 7) is 3.77. The fourth-order valence-corrected chi connectivity index (χ4v) is 2.47. The van der Waals surface area contributed by atoms with Crippen LogP contribution in [0.3, 0.4) is 0 Å². The van der Waals surface area contributed by atoms with Crippen LogP contribution in [-0.4, -0.2) is 7.11 Å². The molecule has 2 heteroatoms. The molecule has 0 heterocycles. The quantitative estimate of drug-likeness (QED) is 0.759. The molecular weight excluding hydrogens is 299 g/mol. The Morgan fingerprint density at radius 2 is 2.07 bits per heavy atom. The number of halogens is 1. The molecule has 0 saturated heterocycles. The van der Waals surface area contributed by atoms with Crippen LogP contribution in [-0.2, 0) is 0 Å². The van der Waals surface area contributed by atoms with E-state index in [1.807, 2.05) is 12.1 Å². The molecule has 0 aliphatic carbocycles. The van der Waals surface area contributed by atoms with Gasteiger partial charge >= 0.3 is 0 Å². The van der Waals surface area contributed by atoms with Gasteiger partial charge in [-0.1, -0.05) is 30.9 Å². The highest BCUT2D eigenvalue weighted by atomic mass is 127. The highest BCUT2D eigenvalue weighted by molar-refractivity contribution is 14.1. The van der Waals surface area contributed by atoms with Crippen LogP contribution in [0.25, 0.3) is 16.8 Å². The highest BCUT2D eigenvalue weighted by Gasteiger charge is 2.04. The van der Waals surface area contributed by atoms with E-state index >= 15 is 0 Å². The van der Waals surface area contributed by atoms with E-state index in [9.17, 15) is 0 Å². The van der Waals surface area contributed by atoms with Crippen LogP contribution in [0, 0.1) is 3.57 Å². The first kappa shape index (κ1) is 10.5. The van der Waals surface area contributed by atoms with E-state index in [1.54, 1.807) is 7.11 Å². The van der Waals surface area contributed by atoms with Gasteiger partial charge in [-0.05, 0) is 51.1 Å². The zero-order valence-corrected chi connectivity index (χ0v) is 10.6. The zero-order chi connectivity index (χ0) is 10.8. The van der Waals surface area contributed by atoms with Crippen molar-refractivity contribution in [2.45, 2.75) is 0 Å². The normalized spacial score (nSPS) is 10.3. The van der Waals surface area contributed by atoms with E-state index in [0.717, 1.165) is 14.9 Å². The molecule has 76 valence electrons. The molecule has 0 N–H and O–H groups in total. The summed E-state index contributed by atoms with van der Waals surface area (Å²) < 4.78 is 6.44. The second kappa shape index (κ2) is 4.23. The van der Waals surface area contributed by atoms with Gasteiger partial charge in [0.2, 0.25) is 0 Å². The fraction of sp³-hybridized carbons (Fsp3) is 0.0769. The molecule has 0 unspecified atom stereocenters. The first-order valence-electron chi connectivity index (χ1n) is 4.65. The van der Waals surface area contributed by atoms with Crippen molar-refractivity contribution in [2.75, 3.05) is 7.11 Å². The van der Waals surface area contributed by atoms with Crippen molar-refractivity contribution in [1.82, 2.24) is 0 Å². The number of ether oxygens (including phenoxy) is 1. The SMILES string of the molecule is C=Cc1ccc2c(I)c(OC)ccc2c1. The number of hydrogen-bond acceptors (Lipinski definition) is 1. The van der Waals surface area contributed by atoms with Gasteiger partial charge in [-0.2, -0.15) is 0 Å². The van der Waals surface area contributed by atoms with Crippen LogP contribution in [0.2, 0.25) is 0 Å². The lowest BCUT2D eigenvalue weighted by atomic mass is 10.1. The molecule has 15 heavy (non-hydrogen) atoms. The van der Waals surface area contributed by atoms with Crippen molar-refractivity contribution >= 4 is 39.4 Å². The Bertz CT molecular complexity index is 517. The van der Waals surface area contributed by atoms with Crippen molar-refractivity contribution in [3.63, 3.8) is 0 Å². The topological polar surface area (TPSA) is 9.23 Å². The van der Waals surface area contributed by atoms with Gasteiger partial charge in [-0.25, -0.2) is 0 Å². The first-order valence-corrected chi connectivity index (χ1v) is 5.73. The summed E-state index contributed by atoms with van der Waals surface area (Å²) in [4.78, 5) is 0. The summed E-state index contributed by atoms with van der Waals surface area (Å²) in [7, 11) is 1.70. The fourth-order valence-electron chi connectivity index (χ4n) is 1.57. The number of hydrogen-bond donors (Lipinski definition) is 0. The van der Waals surface area contributed by atoms with E-state index in [4.69, 9.17) is 4.74 Å². The van der Waals surface area contributed by atoms with Crippen LogP contribution >= 0.6 is 22.6 Å². The first-order chi connectivity index (χ1) is 7.26. The third kappa shape index (κ3) is 1.86. The summed E-state index contributed by atoms with van der Waals surface area (Å²) in [5.41, 5.74) is 1.14. The predicted molar refractivity (Wildman–Crippen MR) is 73.3 cm³/mol. The zero-order valence-electron chi connectivity index (χ0n) is 8.46. The Hall–Kier alpha value is -1.03. The van der Waals surface area contributed by atoms with Crippen molar-refractivity contribution in [3.8, 4) is 5.75 Å². The van der Waals surface area contributed by atoms with Crippen molar-refractivity contribution in [1.29, 1.82) is 0 Å². The van der Waals surface area contributed by atoms with E-state index < -0.39 is 0 Å². The summed E-state index contributed by atoms with van der Waals surface area (Å²) in [6.07, 6.45) is 1.86. The van der Waals surface area contributed by atoms with Gasteiger partial charge < -0.3 is 4.74 Å². The Morgan fingerprint density at radius 1 is 1.27 bits per heavy atom. The molecule has 0 spiro atoms. The van der Waals surface area contributed by atoms with Crippen LogP contribution < -0.4 is 4.74 Å². The number of fused-ring (bicyclic) bond motifs is 1. The number of methoxy groups -OCH3 is 1. The minimum Gasteiger partial charge on any atom is -0.496 e. The maximum Gasteiger partial charge on any atom is 0.132 e.